The lowest BCUT2D eigenvalue weighted by atomic mass is 9.99. The second kappa shape index (κ2) is 10.5. The maximum absolute atomic E-state index is 14.9. The summed E-state index contributed by atoms with van der Waals surface area (Å²) in [5.41, 5.74) is 4.98. The Labute approximate surface area is 193 Å². The molecule has 0 spiro atoms. The Hall–Kier alpha value is -3.41. The van der Waals surface area contributed by atoms with Crippen LogP contribution in [0.25, 0.3) is 11.1 Å². The van der Waals surface area contributed by atoms with Gasteiger partial charge in [-0.1, -0.05) is 18.2 Å². The summed E-state index contributed by atoms with van der Waals surface area (Å²) in [6.07, 6.45) is -0.209. The smallest absolute Gasteiger partial charge is 0.344 e. The van der Waals surface area contributed by atoms with E-state index in [0.717, 1.165) is 22.4 Å². The van der Waals surface area contributed by atoms with Gasteiger partial charge in [-0.15, -0.1) is 0 Å². The Morgan fingerprint density at radius 3 is 2.42 bits per heavy atom. The molecule has 174 valence electrons. The first-order valence-electron chi connectivity index (χ1n) is 10.9. The first-order valence-corrected chi connectivity index (χ1v) is 10.9. The number of ether oxygens (including phenoxy) is 2. The Bertz CT molecular complexity index is 1160. The molecule has 3 aromatic rings. The summed E-state index contributed by atoms with van der Waals surface area (Å²) in [6.45, 7) is 9.12. The van der Waals surface area contributed by atoms with Gasteiger partial charge in [0, 0.05) is 23.4 Å². The third kappa shape index (κ3) is 6.09. The van der Waals surface area contributed by atoms with Crippen molar-refractivity contribution in [2.75, 3.05) is 11.9 Å². The molecule has 0 saturated carbocycles. The third-order valence-corrected chi connectivity index (χ3v) is 5.28. The van der Waals surface area contributed by atoms with E-state index in [0.29, 0.717) is 22.4 Å². The number of carbonyl (C=O) groups is 1. The number of halogens is 2. The van der Waals surface area contributed by atoms with Crippen LogP contribution in [0.2, 0.25) is 0 Å². The van der Waals surface area contributed by atoms with Gasteiger partial charge in [0.1, 0.15) is 17.4 Å². The van der Waals surface area contributed by atoms with Gasteiger partial charge >= 0.3 is 5.97 Å². The number of hydrogen-bond acceptors (Lipinski definition) is 4. The van der Waals surface area contributed by atoms with E-state index in [1.54, 1.807) is 51.1 Å². The number of benzene rings is 3. The van der Waals surface area contributed by atoms with Gasteiger partial charge in [0.25, 0.3) is 0 Å². The summed E-state index contributed by atoms with van der Waals surface area (Å²) in [4.78, 5) is 11.8. The predicted octanol–water partition coefficient (Wildman–Crippen LogP) is 6.50. The zero-order valence-corrected chi connectivity index (χ0v) is 19.6. The molecule has 0 aliphatic heterocycles. The Kier molecular flexibility index (Phi) is 7.69. The van der Waals surface area contributed by atoms with E-state index in [1.165, 1.54) is 12.1 Å². The minimum absolute atomic E-state index is 0.189. The van der Waals surface area contributed by atoms with E-state index < -0.39 is 5.97 Å². The predicted molar refractivity (Wildman–Crippen MR) is 126 cm³/mol. The zero-order valence-electron chi connectivity index (χ0n) is 19.6. The fraction of sp³-hybridized carbons (Fsp3) is 0.296. The third-order valence-electron chi connectivity index (χ3n) is 5.28. The molecular weight excluding hydrogens is 424 g/mol. The van der Waals surface area contributed by atoms with Crippen molar-refractivity contribution in [3.05, 3.63) is 82.4 Å². The van der Waals surface area contributed by atoms with Gasteiger partial charge < -0.3 is 14.8 Å². The van der Waals surface area contributed by atoms with Crippen molar-refractivity contribution in [2.45, 2.75) is 47.3 Å². The molecule has 33 heavy (non-hydrogen) atoms. The summed E-state index contributed by atoms with van der Waals surface area (Å²) in [7, 11) is 0. The topological polar surface area (TPSA) is 47.6 Å². The number of nitrogens with one attached hydrogen (secondary N) is 1. The van der Waals surface area contributed by atoms with Crippen molar-refractivity contribution in [3.8, 4) is 16.9 Å². The van der Waals surface area contributed by atoms with Crippen LogP contribution in [-0.2, 0) is 16.1 Å². The second-order valence-electron chi connectivity index (χ2n) is 8.34. The quantitative estimate of drug-likeness (QED) is 0.396. The van der Waals surface area contributed by atoms with Crippen molar-refractivity contribution in [1.82, 2.24) is 0 Å². The highest BCUT2D eigenvalue weighted by Gasteiger charge is 2.14. The first-order chi connectivity index (χ1) is 15.7. The van der Waals surface area contributed by atoms with Crippen LogP contribution in [0.3, 0.4) is 0 Å². The van der Waals surface area contributed by atoms with Crippen LogP contribution in [-0.4, -0.2) is 18.7 Å². The van der Waals surface area contributed by atoms with E-state index >= 15 is 0 Å². The molecule has 0 fully saturated rings. The standard InChI is InChI=1S/C27H29F2NO3/c1-16(2)33-25(31)15-32-24-10-9-17(3)27(19(24)5)30-14-22-12-21(11-18(4)26(22)29)20-7-6-8-23(28)13-20/h6-13,16,30H,14-15H2,1-5H3. The van der Waals surface area contributed by atoms with Crippen LogP contribution in [0.15, 0.2) is 48.5 Å². The van der Waals surface area contributed by atoms with Gasteiger partial charge in [0.05, 0.1) is 6.10 Å². The molecule has 0 bridgehead atoms. The van der Waals surface area contributed by atoms with Gasteiger partial charge in [0.15, 0.2) is 6.61 Å². The molecule has 0 amide bonds. The first kappa shape index (κ1) is 24.2. The second-order valence-corrected chi connectivity index (χ2v) is 8.34. The molecule has 0 aromatic heterocycles. The maximum Gasteiger partial charge on any atom is 0.344 e. The molecule has 0 atom stereocenters. The van der Waals surface area contributed by atoms with Gasteiger partial charge in [-0.05, 0) is 87.2 Å². The van der Waals surface area contributed by atoms with Crippen molar-refractivity contribution in [1.29, 1.82) is 0 Å². The van der Waals surface area contributed by atoms with Gasteiger partial charge in [-0.2, -0.15) is 0 Å². The van der Waals surface area contributed by atoms with Gasteiger partial charge in [0.2, 0.25) is 0 Å². The Morgan fingerprint density at radius 2 is 1.73 bits per heavy atom. The van der Waals surface area contributed by atoms with E-state index in [9.17, 15) is 13.6 Å². The lowest BCUT2D eigenvalue weighted by Gasteiger charge is -2.18. The van der Waals surface area contributed by atoms with E-state index in [1.807, 2.05) is 19.9 Å². The molecule has 0 saturated heterocycles. The number of anilines is 1. The summed E-state index contributed by atoms with van der Waals surface area (Å²) < 4.78 is 39.3. The maximum atomic E-state index is 14.9. The van der Waals surface area contributed by atoms with Gasteiger partial charge in [-0.3, -0.25) is 0 Å². The van der Waals surface area contributed by atoms with Crippen LogP contribution in [0.4, 0.5) is 14.5 Å². The number of hydrogen-bond donors (Lipinski definition) is 1. The van der Waals surface area contributed by atoms with Crippen molar-refractivity contribution >= 4 is 11.7 Å². The normalized spacial score (nSPS) is 10.9. The summed E-state index contributed by atoms with van der Waals surface area (Å²) in [5, 5.41) is 3.31. The zero-order chi connectivity index (χ0) is 24.1. The molecule has 6 heteroatoms. The molecule has 0 radical (unpaired) electrons. The van der Waals surface area contributed by atoms with Crippen molar-refractivity contribution in [2.24, 2.45) is 0 Å². The molecule has 0 heterocycles. The molecule has 4 nitrogen and oxygen atoms in total. The lowest BCUT2D eigenvalue weighted by molar-refractivity contribution is -0.149. The molecule has 0 unspecified atom stereocenters. The highest BCUT2D eigenvalue weighted by molar-refractivity contribution is 5.72. The van der Waals surface area contributed by atoms with Crippen molar-refractivity contribution < 1.29 is 23.0 Å². The van der Waals surface area contributed by atoms with Crippen molar-refractivity contribution in [3.63, 3.8) is 0 Å². The largest absolute Gasteiger partial charge is 0.482 e. The van der Waals surface area contributed by atoms with Gasteiger partial charge in [-0.25, -0.2) is 13.6 Å². The minimum atomic E-state index is -0.439. The van der Waals surface area contributed by atoms with Crippen LogP contribution < -0.4 is 10.1 Å². The monoisotopic (exact) mass is 453 g/mol. The molecule has 3 rings (SSSR count). The fourth-order valence-corrected chi connectivity index (χ4v) is 3.68. The summed E-state index contributed by atoms with van der Waals surface area (Å²) >= 11 is 0. The SMILES string of the molecule is Cc1cc(-c2cccc(F)c2)cc(CNc2c(C)ccc(OCC(=O)OC(C)C)c2C)c1F. The average Bonchev–Trinajstić information content (AvgIpc) is 2.75. The van der Waals surface area contributed by atoms with E-state index in [4.69, 9.17) is 9.47 Å². The summed E-state index contributed by atoms with van der Waals surface area (Å²) in [6, 6.07) is 13.4. The van der Waals surface area contributed by atoms with Crippen LogP contribution >= 0.6 is 0 Å². The highest BCUT2D eigenvalue weighted by atomic mass is 19.1. The Balaban J connectivity index is 1.81. The number of carbonyl (C=O) groups excluding carboxylic acids is 1. The molecular formula is C27H29F2NO3. The number of aryl methyl sites for hydroxylation is 2. The molecule has 1 N–H and O–H groups in total. The van der Waals surface area contributed by atoms with Crippen LogP contribution in [0.5, 0.6) is 5.75 Å². The highest BCUT2D eigenvalue weighted by Crippen LogP contribution is 2.31. The van der Waals surface area contributed by atoms with Crippen LogP contribution in [0.1, 0.15) is 36.1 Å². The lowest BCUT2D eigenvalue weighted by Crippen LogP contribution is -2.19. The van der Waals surface area contributed by atoms with E-state index in [2.05, 4.69) is 5.32 Å². The fourth-order valence-electron chi connectivity index (χ4n) is 3.68. The molecule has 3 aromatic carbocycles. The number of esters is 1. The number of rotatable bonds is 8. The molecule has 0 aliphatic carbocycles. The minimum Gasteiger partial charge on any atom is -0.482 e. The average molecular weight is 454 g/mol. The Morgan fingerprint density at radius 1 is 0.970 bits per heavy atom. The van der Waals surface area contributed by atoms with Crippen LogP contribution in [0, 0.1) is 32.4 Å². The summed E-state index contributed by atoms with van der Waals surface area (Å²) in [5.74, 6) is -0.531. The van der Waals surface area contributed by atoms with E-state index in [-0.39, 0.29) is 30.9 Å². The molecule has 0 aliphatic rings.